The Morgan fingerprint density at radius 3 is 2.31 bits per heavy atom. The SMILES string of the molecule is CC(C)Oc1ccc(/C(O)=C2/C(=O)C(=O)N(c3ccccn3)C2c2ccc(Br)cc2)cc1. The van der Waals surface area contributed by atoms with Crippen molar-refractivity contribution in [1.29, 1.82) is 0 Å². The van der Waals surface area contributed by atoms with E-state index in [9.17, 15) is 14.7 Å². The number of ketones is 1. The minimum Gasteiger partial charge on any atom is -0.507 e. The van der Waals surface area contributed by atoms with Gasteiger partial charge in [-0.25, -0.2) is 4.98 Å². The summed E-state index contributed by atoms with van der Waals surface area (Å²) in [5, 5.41) is 11.1. The largest absolute Gasteiger partial charge is 0.507 e. The van der Waals surface area contributed by atoms with Crippen molar-refractivity contribution in [1.82, 2.24) is 4.98 Å². The Bertz CT molecular complexity index is 1170. The second-order valence-electron chi connectivity index (χ2n) is 7.60. The fraction of sp³-hybridized carbons (Fsp3) is 0.160. The molecule has 0 radical (unpaired) electrons. The van der Waals surface area contributed by atoms with Crippen LogP contribution in [0.1, 0.15) is 31.0 Å². The van der Waals surface area contributed by atoms with Gasteiger partial charge in [0, 0.05) is 16.2 Å². The van der Waals surface area contributed by atoms with Gasteiger partial charge in [0.2, 0.25) is 0 Å². The summed E-state index contributed by atoms with van der Waals surface area (Å²) in [5.74, 6) is -0.760. The standard InChI is InChI=1S/C25H21BrN2O4/c1-15(2)32-19-12-8-17(9-13-19)23(29)21-22(16-6-10-18(26)11-7-16)28(25(31)24(21)30)20-5-3-4-14-27-20/h3-15,22,29H,1-2H3/b23-21-. The fourth-order valence-corrected chi connectivity index (χ4v) is 3.91. The molecule has 7 heteroatoms. The molecule has 1 saturated heterocycles. The maximum atomic E-state index is 13.1. The van der Waals surface area contributed by atoms with Gasteiger partial charge in [-0.1, -0.05) is 34.1 Å². The van der Waals surface area contributed by atoms with Crippen LogP contribution in [0.3, 0.4) is 0 Å². The summed E-state index contributed by atoms with van der Waals surface area (Å²) < 4.78 is 6.51. The third-order valence-electron chi connectivity index (χ3n) is 5.03. The summed E-state index contributed by atoms with van der Waals surface area (Å²) >= 11 is 3.41. The smallest absolute Gasteiger partial charge is 0.301 e. The molecular formula is C25H21BrN2O4. The van der Waals surface area contributed by atoms with E-state index >= 15 is 0 Å². The molecule has 3 aromatic rings. The van der Waals surface area contributed by atoms with E-state index in [1.54, 1.807) is 48.7 Å². The molecule has 162 valence electrons. The van der Waals surface area contributed by atoms with Crippen molar-refractivity contribution in [2.75, 3.05) is 4.90 Å². The molecule has 0 aliphatic carbocycles. The zero-order valence-corrected chi connectivity index (χ0v) is 19.1. The number of rotatable bonds is 5. The zero-order chi connectivity index (χ0) is 22.8. The lowest BCUT2D eigenvalue weighted by Gasteiger charge is -2.24. The van der Waals surface area contributed by atoms with Crippen LogP contribution >= 0.6 is 15.9 Å². The number of nitrogens with zero attached hydrogens (tertiary/aromatic N) is 2. The molecule has 6 nitrogen and oxygen atoms in total. The van der Waals surface area contributed by atoms with Crippen LogP contribution in [0, 0.1) is 0 Å². The second kappa shape index (κ2) is 8.96. The zero-order valence-electron chi connectivity index (χ0n) is 17.5. The molecule has 0 bridgehead atoms. The highest BCUT2D eigenvalue weighted by Gasteiger charge is 2.47. The van der Waals surface area contributed by atoms with E-state index in [-0.39, 0.29) is 17.4 Å². The summed E-state index contributed by atoms with van der Waals surface area (Å²) in [6, 6.07) is 18.4. The normalized spacial score (nSPS) is 17.8. The quantitative estimate of drug-likeness (QED) is 0.298. The number of aliphatic hydroxyl groups is 1. The number of hydrogen-bond acceptors (Lipinski definition) is 5. The van der Waals surface area contributed by atoms with Crippen molar-refractivity contribution in [3.63, 3.8) is 0 Å². The Kier molecular flexibility index (Phi) is 6.10. The van der Waals surface area contributed by atoms with Crippen molar-refractivity contribution in [3.8, 4) is 5.75 Å². The predicted molar refractivity (Wildman–Crippen MR) is 125 cm³/mol. The number of halogens is 1. The molecule has 1 aliphatic rings. The molecule has 1 N–H and O–H groups in total. The number of pyridine rings is 1. The number of Topliss-reactive ketones (excluding diaryl/α,β-unsaturated/α-hetero) is 1. The number of amides is 1. The Balaban J connectivity index is 1.85. The molecular weight excluding hydrogens is 472 g/mol. The summed E-state index contributed by atoms with van der Waals surface area (Å²) in [4.78, 5) is 31.7. The summed E-state index contributed by atoms with van der Waals surface area (Å²) in [5.41, 5.74) is 1.11. The first-order valence-corrected chi connectivity index (χ1v) is 10.9. The lowest BCUT2D eigenvalue weighted by molar-refractivity contribution is -0.132. The molecule has 1 aromatic heterocycles. The van der Waals surface area contributed by atoms with Gasteiger partial charge in [-0.2, -0.15) is 0 Å². The van der Waals surface area contributed by atoms with Gasteiger partial charge in [0.05, 0.1) is 17.7 Å². The van der Waals surface area contributed by atoms with Crippen LogP contribution in [0.15, 0.2) is 83.0 Å². The maximum absolute atomic E-state index is 13.1. The van der Waals surface area contributed by atoms with Crippen molar-refractivity contribution >= 4 is 39.2 Å². The van der Waals surface area contributed by atoms with Gasteiger partial charge in [0.1, 0.15) is 17.3 Å². The first kappa shape index (κ1) is 21.8. The molecule has 1 amide bonds. The Morgan fingerprint density at radius 2 is 1.72 bits per heavy atom. The van der Waals surface area contributed by atoms with Crippen LogP contribution in [0.4, 0.5) is 5.82 Å². The fourth-order valence-electron chi connectivity index (χ4n) is 3.64. The molecule has 4 rings (SSSR count). The van der Waals surface area contributed by atoms with Gasteiger partial charge >= 0.3 is 5.91 Å². The van der Waals surface area contributed by atoms with E-state index in [1.165, 1.54) is 4.90 Å². The van der Waals surface area contributed by atoms with Crippen LogP contribution < -0.4 is 9.64 Å². The number of anilines is 1. The first-order valence-electron chi connectivity index (χ1n) is 10.1. The molecule has 1 fully saturated rings. The van der Waals surface area contributed by atoms with Crippen LogP contribution in [-0.4, -0.2) is 27.9 Å². The average molecular weight is 493 g/mol. The number of ether oxygens (including phenoxy) is 1. The molecule has 2 heterocycles. The molecule has 1 aliphatic heterocycles. The van der Waals surface area contributed by atoms with Crippen LogP contribution in [0.2, 0.25) is 0 Å². The monoisotopic (exact) mass is 492 g/mol. The second-order valence-corrected chi connectivity index (χ2v) is 8.52. The number of carbonyl (C=O) groups excluding carboxylic acids is 2. The number of carbonyl (C=O) groups is 2. The molecule has 2 aromatic carbocycles. The molecule has 1 atom stereocenters. The summed E-state index contributed by atoms with van der Waals surface area (Å²) in [6.45, 7) is 3.84. The Labute approximate surface area is 194 Å². The number of aliphatic hydroxyl groups excluding tert-OH is 1. The number of aromatic nitrogens is 1. The number of hydrogen-bond donors (Lipinski definition) is 1. The van der Waals surface area contributed by atoms with Crippen molar-refractivity contribution < 1.29 is 19.4 Å². The highest BCUT2D eigenvalue weighted by molar-refractivity contribution is 9.10. The molecule has 32 heavy (non-hydrogen) atoms. The minimum atomic E-state index is -0.815. The van der Waals surface area contributed by atoms with E-state index in [2.05, 4.69) is 20.9 Å². The summed E-state index contributed by atoms with van der Waals surface area (Å²) in [7, 11) is 0. The number of benzene rings is 2. The van der Waals surface area contributed by atoms with Gasteiger partial charge in [-0.3, -0.25) is 14.5 Å². The Hall–Kier alpha value is -3.45. The lowest BCUT2D eigenvalue weighted by Crippen LogP contribution is -2.30. The highest BCUT2D eigenvalue weighted by atomic mass is 79.9. The molecule has 0 spiro atoms. The third-order valence-corrected chi connectivity index (χ3v) is 5.55. The third kappa shape index (κ3) is 4.16. The minimum absolute atomic E-state index is 0.00977. The molecule has 1 unspecified atom stereocenters. The Morgan fingerprint density at radius 1 is 1.03 bits per heavy atom. The predicted octanol–water partition coefficient (Wildman–Crippen LogP) is 5.26. The van der Waals surface area contributed by atoms with E-state index in [1.807, 2.05) is 38.1 Å². The first-order chi connectivity index (χ1) is 15.4. The van der Waals surface area contributed by atoms with E-state index in [4.69, 9.17) is 4.74 Å². The van der Waals surface area contributed by atoms with E-state index in [0.717, 1.165) is 4.47 Å². The van der Waals surface area contributed by atoms with Gasteiger partial charge in [-0.15, -0.1) is 0 Å². The maximum Gasteiger partial charge on any atom is 0.301 e. The average Bonchev–Trinajstić information content (AvgIpc) is 3.05. The van der Waals surface area contributed by atoms with Crippen molar-refractivity contribution in [3.05, 3.63) is 94.1 Å². The lowest BCUT2D eigenvalue weighted by atomic mass is 9.95. The van der Waals surface area contributed by atoms with Crippen LogP contribution in [-0.2, 0) is 9.59 Å². The van der Waals surface area contributed by atoms with Gasteiger partial charge in [0.15, 0.2) is 0 Å². The van der Waals surface area contributed by atoms with Crippen molar-refractivity contribution in [2.45, 2.75) is 26.0 Å². The topological polar surface area (TPSA) is 79.7 Å². The highest BCUT2D eigenvalue weighted by Crippen LogP contribution is 2.41. The van der Waals surface area contributed by atoms with Crippen molar-refractivity contribution in [2.24, 2.45) is 0 Å². The van der Waals surface area contributed by atoms with E-state index in [0.29, 0.717) is 22.7 Å². The van der Waals surface area contributed by atoms with Crippen LogP contribution in [0.25, 0.3) is 5.76 Å². The molecule has 0 saturated carbocycles. The van der Waals surface area contributed by atoms with E-state index < -0.39 is 17.7 Å². The van der Waals surface area contributed by atoms with Gasteiger partial charge < -0.3 is 9.84 Å². The summed E-state index contributed by atoms with van der Waals surface area (Å²) in [6.07, 6.45) is 1.57. The van der Waals surface area contributed by atoms with Crippen LogP contribution in [0.5, 0.6) is 5.75 Å². The van der Waals surface area contributed by atoms with Gasteiger partial charge in [0.25, 0.3) is 5.78 Å². The van der Waals surface area contributed by atoms with Gasteiger partial charge in [-0.05, 0) is 67.9 Å².